The minimum absolute atomic E-state index is 0.0465. The summed E-state index contributed by atoms with van der Waals surface area (Å²) in [6.45, 7) is 3.38. The number of aliphatic hydroxyl groups excluding tert-OH is 1. The van der Waals surface area contributed by atoms with Crippen LogP contribution in [0.4, 0.5) is 17.5 Å². The summed E-state index contributed by atoms with van der Waals surface area (Å²) in [5.41, 5.74) is 4.07. The van der Waals surface area contributed by atoms with E-state index >= 15 is 0 Å². The van der Waals surface area contributed by atoms with Crippen molar-refractivity contribution in [2.75, 3.05) is 30.9 Å². The number of aromatic nitrogens is 5. The molecule has 9 heteroatoms. The summed E-state index contributed by atoms with van der Waals surface area (Å²) in [6, 6.07) is 11.7. The zero-order valence-corrected chi connectivity index (χ0v) is 18.5. The smallest absolute Gasteiger partial charge is 0.227 e. The molecule has 3 aromatic heterocycles. The van der Waals surface area contributed by atoms with Crippen LogP contribution in [0.15, 0.2) is 61.2 Å². The molecule has 1 aromatic carbocycles. The molecule has 0 aliphatic carbocycles. The molecule has 0 bridgehead atoms. The Kier molecular flexibility index (Phi) is 5.39. The van der Waals surface area contributed by atoms with E-state index in [-0.39, 0.29) is 12.0 Å². The second-order valence-electron chi connectivity index (χ2n) is 8.32. The van der Waals surface area contributed by atoms with E-state index in [2.05, 4.69) is 30.7 Å². The number of anilines is 3. The van der Waals surface area contributed by atoms with Gasteiger partial charge < -0.3 is 20.5 Å². The fourth-order valence-electron chi connectivity index (χ4n) is 3.94. The molecule has 0 radical (unpaired) electrons. The zero-order valence-electron chi connectivity index (χ0n) is 18.5. The Morgan fingerprint density at radius 2 is 2.12 bits per heavy atom. The highest BCUT2D eigenvalue weighted by atomic mass is 16.5. The number of benzene rings is 1. The quantitative estimate of drug-likeness (QED) is 0.399. The highest BCUT2D eigenvalue weighted by molar-refractivity contribution is 5.68. The first kappa shape index (κ1) is 20.9. The Labute approximate surface area is 191 Å². The molecule has 1 atom stereocenters. The molecule has 0 saturated carbocycles. The van der Waals surface area contributed by atoms with Crippen molar-refractivity contribution in [1.29, 1.82) is 0 Å². The summed E-state index contributed by atoms with van der Waals surface area (Å²) in [5, 5.41) is 20.6. The predicted octanol–water partition coefficient (Wildman–Crippen LogP) is 3.21. The number of methoxy groups -OCH3 is 1. The van der Waals surface area contributed by atoms with Crippen LogP contribution in [0, 0.1) is 0 Å². The van der Waals surface area contributed by atoms with E-state index in [0.29, 0.717) is 24.8 Å². The number of rotatable bonds is 7. The van der Waals surface area contributed by atoms with Gasteiger partial charge in [0.05, 0.1) is 31.6 Å². The standard InChI is InChI=1S/C24H25N7O2/c1-24(15-32)14-27-22-18(24)11-17(12-26-22)19-6-8-25-23(29-19)30-20-5-4-16(10-21(20)33-2)13-31-9-3-7-28-31/h3-12,32H,13-15H2,1-2H3,(H,26,27)(H,25,29,30). The third-order valence-electron chi connectivity index (χ3n) is 5.90. The number of nitrogens with one attached hydrogen (secondary N) is 2. The lowest BCUT2D eigenvalue weighted by Crippen LogP contribution is -2.28. The van der Waals surface area contributed by atoms with Gasteiger partial charge in [-0.25, -0.2) is 15.0 Å². The number of hydrogen-bond donors (Lipinski definition) is 3. The topological polar surface area (TPSA) is 110 Å². The highest BCUT2D eigenvalue weighted by Gasteiger charge is 2.35. The normalized spacial score (nSPS) is 16.8. The van der Waals surface area contributed by atoms with E-state index in [9.17, 15) is 5.11 Å². The fourth-order valence-corrected chi connectivity index (χ4v) is 3.94. The maximum atomic E-state index is 9.86. The van der Waals surface area contributed by atoms with Crippen molar-refractivity contribution in [1.82, 2.24) is 24.7 Å². The van der Waals surface area contributed by atoms with Crippen LogP contribution < -0.4 is 15.4 Å². The third-order valence-corrected chi connectivity index (χ3v) is 5.90. The molecule has 0 saturated heterocycles. The van der Waals surface area contributed by atoms with Gasteiger partial charge in [-0.2, -0.15) is 5.10 Å². The first-order chi connectivity index (χ1) is 16.1. The molecule has 1 aliphatic rings. The second-order valence-corrected chi connectivity index (χ2v) is 8.32. The third kappa shape index (κ3) is 4.10. The molecule has 4 heterocycles. The number of hydrogen-bond acceptors (Lipinski definition) is 8. The van der Waals surface area contributed by atoms with Gasteiger partial charge in [-0.3, -0.25) is 4.68 Å². The molecule has 0 amide bonds. The average molecular weight is 444 g/mol. The van der Waals surface area contributed by atoms with Gasteiger partial charge in [0.25, 0.3) is 0 Å². The zero-order chi connectivity index (χ0) is 22.8. The summed E-state index contributed by atoms with van der Waals surface area (Å²) >= 11 is 0. The average Bonchev–Trinajstić information content (AvgIpc) is 3.48. The Hall–Kier alpha value is -3.98. The molecule has 0 spiro atoms. The lowest BCUT2D eigenvalue weighted by Gasteiger charge is -2.20. The van der Waals surface area contributed by atoms with Gasteiger partial charge in [-0.15, -0.1) is 0 Å². The molecule has 9 nitrogen and oxygen atoms in total. The Morgan fingerprint density at radius 3 is 2.91 bits per heavy atom. The molecule has 168 valence electrons. The number of nitrogens with zero attached hydrogens (tertiary/aromatic N) is 5. The minimum atomic E-state index is -0.363. The Morgan fingerprint density at radius 1 is 1.21 bits per heavy atom. The summed E-state index contributed by atoms with van der Waals surface area (Å²) in [7, 11) is 1.64. The van der Waals surface area contributed by atoms with Crippen molar-refractivity contribution < 1.29 is 9.84 Å². The van der Waals surface area contributed by atoms with Crippen LogP contribution in [0.1, 0.15) is 18.1 Å². The molecule has 5 rings (SSSR count). The molecular weight excluding hydrogens is 418 g/mol. The van der Waals surface area contributed by atoms with E-state index in [1.54, 1.807) is 25.7 Å². The van der Waals surface area contributed by atoms with Crippen LogP contribution in [0.2, 0.25) is 0 Å². The molecule has 4 aromatic rings. The number of aliphatic hydroxyl groups is 1. The molecule has 3 N–H and O–H groups in total. The van der Waals surface area contributed by atoms with Gasteiger partial charge in [0, 0.05) is 47.9 Å². The molecule has 0 fully saturated rings. The van der Waals surface area contributed by atoms with Crippen LogP contribution in [0.3, 0.4) is 0 Å². The number of ether oxygens (including phenoxy) is 1. The van der Waals surface area contributed by atoms with Crippen molar-refractivity contribution >= 4 is 17.5 Å². The SMILES string of the molecule is COc1cc(Cn2cccn2)ccc1Nc1nccc(-c2cnc3c(c2)C(C)(CO)CN3)n1. The molecule has 1 unspecified atom stereocenters. The van der Waals surface area contributed by atoms with Crippen molar-refractivity contribution in [3.05, 3.63) is 72.3 Å². The summed E-state index contributed by atoms with van der Waals surface area (Å²) in [6.07, 6.45) is 7.17. The lowest BCUT2D eigenvalue weighted by molar-refractivity contribution is 0.218. The van der Waals surface area contributed by atoms with E-state index in [4.69, 9.17) is 4.74 Å². The van der Waals surface area contributed by atoms with Crippen LogP contribution in [-0.2, 0) is 12.0 Å². The van der Waals surface area contributed by atoms with Crippen LogP contribution in [-0.4, -0.2) is 50.1 Å². The molecular formula is C24H25N7O2. The maximum Gasteiger partial charge on any atom is 0.227 e. The van der Waals surface area contributed by atoms with Gasteiger partial charge in [0.1, 0.15) is 11.6 Å². The highest BCUT2D eigenvalue weighted by Crippen LogP contribution is 2.37. The van der Waals surface area contributed by atoms with Crippen LogP contribution >= 0.6 is 0 Å². The van der Waals surface area contributed by atoms with Gasteiger partial charge in [-0.1, -0.05) is 13.0 Å². The largest absolute Gasteiger partial charge is 0.495 e. The van der Waals surface area contributed by atoms with E-state index in [1.165, 1.54) is 0 Å². The second kappa shape index (κ2) is 8.51. The monoisotopic (exact) mass is 443 g/mol. The van der Waals surface area contributed by atoms with Gasteiger partial charge >= 0.3 is 0 Å². The first-order valence-corrected chi connectivity index (χ1v) is 10.7. The van der Waals surface area contributed by atoms with Crippen molar-refractivity contribution in [3.63, 3.8) is 0 Å². The number of fused-ring (bicyclic) bond motifs is 1. The van der Waals surface area contributed by atoms with Crippen molar-refractivity contribution in [2.24, 2.45) is 0 Å². The van der Waals surface area contributed by atoms with Gasteiger partial charge in [0.15, 0.2) is 0 Å². The summed E-state index contributed by atoms with van der Waals surface area (Å²) in [5.74, 6) is 1.95. The van der Waals surface area contributed by atoms with Crippen molar-refractivity contribution in [3.8, 4) is 17.0 Å². The van der Waals surface area contributed by atoms with Crippen molar-refractivity contribution in [2.45, 2.75) is 18.9 Å². The van der Waals surface area contributed by atoms with E-state index in [0.717, 1.165) is 33.9 Å². The van der Waals surface area contributed by atoms with Gasteiger partial charge in [-0.05, 0) is 35.9 Å². The van der Waals surface area contributed by atoms with Crippen LogP contribution in [0.5, 0.6) is 5.75 Å². The first-order valence-electron chi connectivity index (χ1n) is 10.7. The number of pyridine rings is 1. The van der Waals surface area contributed by atoms with E-state index < -0.39 is 0 Å². The van der Waals surface area contributed by atoms with Gasteiger partial charge in [0.2, 0.25) is 5.95 Å². The minimum Gasteiger partial charge on any atom is -0.495 e. The molecule has 33 heavy (non-hydrogen) atoms. The Balaban J connectivity index is 1.40. The lowest BCUT2D eigenvalue weighted by atomic mass is 9.85. The predicted molar refractivity (Wildman–Crippen MR) is 126 cm³/mol. The summed E-state index contributed by atoms with van der Waals surface area (Å²) in [4.78, 5) is 13.6. The fraction of sp³-hybridized carbons (Fsp3) is 0.250. The van der Waals surface area contributed by atoms with E-state index in [1.807, 2.05) is 54.2 Å². The summed E-state index contributed by atoms with van der Waals surface area (Å²) < 4.78 is 7.45. The Bertz CT molecular complexity index is 1280. The van der Waals surface area contributed by atoms with Crippen LogP contribution in [0.25, 0.3) is 11.3 Å². The maximum absolute atomic E-state index is 9.86. The molecule has 1 aliphatic heterocycles.